The molecule has 1 aromatic rings. The summed E-state index contributed by atoms with van der Waals surface area (Å²) in [5.41, 5.74) is 1.27. The fraction of sp³-hybridized carbons (Fsp3) is 0.800. The largest absolute Gasteiger partial charge is 0.317 e. The van der Waals surface area contributed by atoms with Crippen molar-refractivity contribution >= 4 is 0 Å². The maximum absolute atomic E-state index is 4.77. The minimum absolute atomic E-state index is 0.572. The lowest BCUT2D eigenvalue weighted by Gasteiger charge is -2.18. The van der Waals surface area contributed by atoms with Gasteiger partial charge < -0.3 is 5.32 Å². The molecule has 1 aliphatic rings. The first-order valence-electron chi connectivity index (χ1n) is 7.49. The summed E-state index contributed by atoms with van der Waals surface area (Å²) in [5.74, 6) is 0.778. The minimum Gasteiger partial charge on any atom is -0.317 e. The maximum Gasteiger partial charge on any atom is 0.0628 e. The second-order valence-electron chi connectivity index (χ2n) is 5.55. The summed E-state index contributed by atoms with van der Waals surface area (Å²) in [5, 5.41) is 8.22. The molecule has 1 heterocycles. The van der Waals surface area contributed by atoms with Crippen molar-refractivity contribution < 1.29 is 0 Å². The van der Waals surface area contributed by atoms with Gasteiger partial charge in [0.05, 0.1) is 11.7 Å². The van der Waals surface area contributed by atoms with Crippen LogP contribution < -0.4 is 5.32 Å². The molecule has 0 radical (unpaired) electrons. The Balaban J connectivity index is 1.98. The van der Waals surface area contributed by atoms with Gasteiger partial charge in [-0.1, -0.05) is 20.3 Å². The van der Waals surface area contributed by atoms with Crippen LogP contribution in [0.1, 0.15) is 57.7 Å². The van der Waals surface area contributed by atoms with E-state index in [9.17, 15) is 0 Å². The highest BCUT2D eigenvalue weighted by atomic mass is 15.3. The Morgan fingerprint density at radius 1 is 1.39 bits per heavy atom. The fourth-order valence-corrected chi connectivity index (χ4v) is 3.28. The number of aromatic nitrogens is 2. The van der Waals surface area contributed by atoms with Crippen LogP contribution in [0.3, 0.4) is 0 Å². The molecule has 0 saturated heterocycles. The molecule has 0 bridgehead atoms. The predicted octanol–water partition coefficient (Wildman–Crippen LogP) is 3.17. The van der Waals surface area contributed by atoms with Crippen molar-refractivity contribution in [3.63, 3.8) is 0 Å². The van der Waals surface area contributed by atoms with Gasteiger partial charge in [0.1, 0.15) is 0 Å². The van der Waals surface area contributed by atoms with Crippen molar-refractivity contribution in [2.75, 3.05) is 7.05 Å². The van der Waals surface area contributed by atoms with E-state index in [1.807, 2.05) is 0 Å². The van der Waals surface area contributed by atoms with Crippen LogP contribution >= 0.6 is 0 Å². The molecule has 0 amide bonds. The van der Waals surface area contributed by atoms with E-state index >= 15 is 0 Å². The molecule has 0 spiro atoms. The Morgan fingerprint density at radius 3 is 2.83 bits per heavy atom. The summed E-state index contributed by atoms with van der Waals surface area (Å²) in [6.07, 6.45) is 9.68. The van der Waals surface area contributed by atoms with Crippen LogP contribution in [0, 0.1) is 5.92 Å². The molecule has 1 fully saturated rings. The number of nitrogens with zero attached hydrogens (tertiary/aromatic N) is 2. The molecule has 2 rings (SSSR count). The Labute approximate surface area is 111 Å². The molecule has 1 aliphatic carbocycles. The molecule has 3 heteroatoms. The van der Waals surface area contributed by atoms with Gasteiger partial charge in [0, 0.05) is 12.2 Å². The van der Waals surface area contributed by atoms with Gasteiger partial charge in [-0.05, 0) is 51.1 Å². The number of rotatable bonds is 6. The van der Waals surface area contributed by atoms with Crippen LogP contribution in [0.25, 0.3) is 0 Å². The average Bonchev–Trinajstić information content (AvgIpc) is 3.01. The minimum atomic E-state index is 0.572. The van der Waals surface area contributed by atoms with Crippen molar-refractivity contribution in [3.8, 4) is 0 Å². The monoisotopic (exact) mass is 249 g/mol. The summed E-state index contributed by atoms with van der Waals surface area (Å²) < 4.78 is 2.17. The molecule has 0 aliphatic heterocycles. The number of hydrogen-bond acceptors (Lipinski definition) is 2. The second-order valence-corrected chi connectivity index (χ2v) is 5.55. The molecule has 2 atom stereocenters. The number of nitrogens with one attached hydrogen (secondary N) is 1. The van der Waals surface area contributed by atoms with E-state index in [2.05, 4.69) is 43.2 Å². The molecular weight excluding hydrogens is 222 g/mol. The Kier molecular flexibility index (Phi) is 4.81. The van der Waals surface area contributed by atoms with Crippen LogP contribution in [0.4, 0.5) is 0 Å². The topological polar surface area (TPSA) is 29.9 Å². The van der Waals surface area contributed by atoms with Crippen LogP contribution in [0.5, 0.6) is 0 Å². The lowest BCUT2D eigenvalue weighted by Crippen LogP contribution is -2.30. The zero-order valence-electron chi connectivity index (χ0n) is 12.0. The van der Waals surface area contributed by atoms with E-state index in [-0.39, 0.29) is 0 Å². The predicted molar refractivity (Wildman–Crippen MR) is 75.7 cm³/mol. The van der Waals surface area contributed by atoms with Crippen molar-refractivity contribution in [1.29, 1.82) is 0 Å². The first-order chi connectivity index (χ1) is 8.78. The van der Waals surface area contributed by atoms with Crippen LogP contribution in [0.15, 0.2) is 12.3 Å². The second kappa shape index (κ2) is 6.37. The molecular formula is C15H27N3. The SMILES string of the molecule is CCC(CC)n1ccc(CC2CCCC2NC)n1. The first-order valence-corrected chi connectivity index (χ1v) is 7.49. The third kappa shape index (κ3) is 2.94. The zero-order valence-corrected chi connectivity index (χ0v) is 12.0. The van der Waals surface area contributed by atoms with Gasteiger partial charge in [-0.15, -0.1) is 0 Å². The van der Waals surface area contributed by atoms with E-state index < -0.39 is 0 Å². The fourth-order valence-electron chi connectivity index (χ4n) is 3.28. The van der Waals surface area contributed by atoms with Gasteiger partial charge in [-0.3, -0.25) is 4.68 Å². The van der Waals surface area contributed by atoms with Gasteiger partial charge in [-0.25, -0.2) is 0 Å². The third-order valence-corrected chi connectivity index (χ3v) is 4.48. The molecule has 18 heavy (non-hydrogen) atoms. The van der Waals surface area contributed by atoms with Crippen LogP contribution in [-0.2, 0) is 6.42 Å². The maximum atomic E-state index is 4.77. The van der Waals surface area contributed by atoms with Gasteiger partial charge in [0.25, 0.3) is 0 Å². The van der Waals surface area contributed by atoms with E-state index in [0.29, 0.717) is 12.1 Å². The summed E-state index contributed by atoms with van der Waals surface area (Å²) in [4.78, 5) is 0. The van der Waals surface area contributed by atoms with Gasteiger partial charge >= 0.3 is 0 Å². The average molecular weight is 249 g/mol. The molecule has 1 N–H and O–H groups in total. The smallest absolute Gasteiger partial charge is 0.0628 e. The van der Waals surface area contributed by atoms with Crippen molar-refractivity contribution in [2.24, 2.45) is 5.92 Å². The quantitative estimate of drug-likeness (QED) is 0.839. The number of hydrogen-bond donors (Lipinski definition) is 1. The highest BCUT2D eigenvalue weighted by molar-refractivity contribution is 5.03. The zero-order chi connectivity index (χ0) is 13.0. The van der Waals surface area contributed by atoms with Crippen molar-refractivity contribution in [3.05, 3.63) is 18.0 Å². The normalized spacial score (nSPS) is 24.0. The highest BCUT2D eigenvalue weighted by Gasteiger charge is 2.26. The van der Waals surface area contributed by atoms with Crippen LogP contribution in [0.2, 0.25) is 0 Å². The Bertz CT molecular complexity index is 354. The molecule has 0 aromatic carbocycles. The molecule has 1 aromatic heterocycles. The molecule has 1 saturated carbocycles. The summed E-state index contributed by atoms with van der Waals surface area (Å²) >= 11 is 0. The van der Waals surface area contributed by atoms with Gasteiger partial charge in [0.2, 0.25) is 0 Å². The molecule has 2 unspecified atom stereocenters. The van der Waals surface area contributed by atoms with Crippen LogP contribution in [-0.4, -0.2) is 22.9 Å². The standard InChI is InChI=1S/C15H27N3/c1-4-14(5-2)18-10-9-13(17-18)11-12-7-6-8-15(12)16-3/h9-10,12,14-16H,4-8,11H2,1-3H3. The van der Waals surface area contributed by atoms with E-state index in [4.69, 9.17) is 5.10 Å². The first kappa shape index (κ1) is 13.6. The highest BCUT2D eigenvalue weighted by Crippen LogP contribution is 2.28. The van der Waals surface area contributed by atoms with E-state index in [1.54, 1.807) is 0 Å². The van der Waals surface area contributed by atoms with Crippen molar-refractivity contribution in [2.45, 2.75) is 64.5 Å². The van der Waals surface area contributed by atoms with E-state index in [1.165, 1.54) is 37.8 Å². The summed E-state index contributed by atoms with van der Waals surface area (Å²) in [7, 11) is 2.09. The van der Waals surface area contributed by atoms with Gasteiger partial charge in [0.15, 0.2) is 0 Å². The van der Waals surface area contributed by atoms with E-state index in [0.717, 1.165) is 12.3 Å². The summed E-state index contributed by atoms with van der Waals surface area (Å²) in [6, 6.07) is 3.48. The molecule has 3 nitrogen and oxygen atoms in total. The third-order valence-electron chi connectivity index (χ3n) is 4.48. The summed E-state index contributed by atoms with van der Waals surface area (Å²) in [6.45, 7) is 4.48. The Morgan fingerprint density at radius 2 is 2.17 bits per heavy atom. The van der Waals surface area contributed by atoms with Crippen molar-refractivity contribution in [1.82, 2.24) is 15.1 Å². The van der Waals surface area contributed by atoms with Gasteiger partial charge in [-0.2, -0.15) is 5.10 Å². The lowest BCUT2D eigenvalue weighted by molar-refractivity contribution is 0.403. The molecule has 102 valence electrons. The Hall–Kier alpha value is -0.830. The lowest BCUT2D eigenvalue weighted by atomic mass is 9.98.